The lowest BCUT2D eigenvalue weighted by molar-refractivity contribution is -0.137. The van der Waals surface area contributed by atoms with Gasteiger partial charge in [-0.3, -0.25) is 14.4 Å². The van der Waals surface area contributed by atoms with Gasteiger partial charge in [0, 0.05) is 11.5 Å². The lowest BCUT2D eigenvalue weighted by Crippen LogP contribution is -2.40. The Morgan fingerprint density at radius 1 is 0.919 bits per heavy atom. The first-order valence-electron chi connectivity index (χ1n) is 12.3. The third-order valence-corrected chi connectivity index (χ3v) is 9.32. The Labute approximate surface area is 214 Å². The fourth-order valence-corrected chi connectivity index (χ4v) is 7.32. The SMILES string of the molecule is O=C(c1ccc(Cl)c(C(F)(F)F)c1)C1CC1c1ccc(N2C(=O)C3C(C2=O)C2C=CC3[C@H]3C[C@@H]23)c(F)c1. The Hall–Kier alpha value is -3.00. The Morgan fingerprint density at radius 2 is 1.57 bits per heavy atom. The van der Waals surface area contributed by atoms with Crippen molar-refractivity contribution in [1.29, 1.82) is 0 Å². The molecule has 0 N–H and O–H groups in total. The van der Waals surface area contributed by atoms with Gasteiger partial charge in [0.2, 0.25) is 11.8 Å². The predicted molar refractivity (Wildman–Crippen MR) is 125 cm³/mol. The van der Waals surface area contributed by atoms with Crippen LogP contribution in [0.15, 0.2) is 48.6 Å². The van der Waals surface area contributed by atoms with E-state index in [2.05, 4.69) is 12.2 Å². The summed E-state index contributed by atoms with van der Waals surface area (Å²) in [5.41, 5.74) is -0.756. The molecule has 2 bridgehead atoms. The van der Waals surface area contributed by atoms with Crippen molar-refractivity contribution >= 4 is 34.9 Å². The molecule has 0 spiro atoms. The van der Waals surface area contributed by atoms with Crippen molar-refractivity contribution in [1.82, 2.24) is 0 Å². The van der Waals surface area contributed by atoms with Crippen LogP contribution in [0.2, 0.25) is 5.02 Å². The highest BCUT2D eigenvalue weighted by Crippen LogP contribution is 2.65. The fraction of sp³-hybridized carbons (Fsp3) is 0.393. The molecule has 5 aliphatic carbocycles. The average molecular weight is 530 g/mol. The second-order valence-electron chi connectivity index (χ2n) is 10.9. The topological polar surface area (TPSA) is 54.5 Å². The largest absolute Gasteiger partial charge is 0.417 e. The van der Waals surface area contributed by atoms with Crippen LogP contribution >= 0.6 is 11.6 Å². The molecule has 8 rings (SSSR count). The number of ketones is 1. The van der Waals surface area contributed by atoms with Gasteiger partial charge in [-0.25, -0.2) is 9.29 Å². The molecule has 1 heterocycles. The van der Waals surface area contributed by atoms with Crippen LogP contribution in [0.1, 0.15) is 40.2 Å². The number of carbonyl (C=O) groups is 3. The van der Waals surface area contributed by atoms with Crippen molar-refractivity contribution in [2.75, 3.05) is 4.90 Å². The summed E-state index contributed by atoms with van der Waals surface area (Å²) in [5, 5.41) is -0.485. The van der Waals surface area contributed by atoms with E-state index in [1.807, 2.05) is 0 Å². The van der Waals surface area contributed by atoms with Gasteiger partial charge < -0.3 is 0 Å². The number of hydrogen-bond acceptors (Lipinski definition) is 3. The number of allylic oxidation sites excluding steroid dienone is 2. The van der Waals surface area contributed by atoms with Crippen molar-refractivity contribution in [2.24, 2.45) is 41.4 Å². The molecular formula is C28H20ClF4NO3. The van der Waals surface area contributed by atoms with Crippen LogP contribution in [-0.2, 0) is 15.8 Å². The van der Waals surface area contributed by atoms with Crippen LogP contribution < -0.4 is 4.90 Å². The first-order valence-corrected chi connectivity index (χ1v) is 12.7. The number of imide groups is 1. The lowest BCUT2D eigenvalue weighted by Gasteiger charge is -2.37. The highest BCUT2D eigenvalue weighted by molar-refractivity contribution is 6.31. The number of nitrogens with zero attached hydrogens (tertiary/aromatic N) is 1. The third kappa shape index (κ3) is 3.30. The van der Waals surface area contributed by atoms with Gasteiger partial charge in [0.05, 0.1) is 28.1 Å². The van der Waals surface area contributed by atoms with Crippen molar-refractivity contribution in [3.63, 3.8) is 0 Å². The summed E-state index contributed by atoms with van der Waals surface area (Å²) in [7, 11) is 0. The summed E-state index contributed by atoms with van der Waals surface area (Å²) in [6.07, 6.45) is 0.819. The maximum Gasteiger partial charge on any atom is 0.417 e. The summed E-state index contributed by atoms with van der Waals surface area (Å²) in [6, 6.07) is 7.28. The normalized spacial score (nSPS) is 35.0. The molecule has 8 atom stereocenters. The lowest BCUT2D eigenvalue weighted by atomic mass is 9.63. The van der Waals surface area contributed by atoms with Crippen LogP contribution in [0.3, 0.4) is 0 Å². The molecule has 3 saturated carbocycles. The van der Waals surface area contributed by atoms with Gasteiger partial charge in [0.25, 0.3) is 0 Å². The summed E-state index contributed by atoms with van der Waals surface area (Å²) < 4.78 is 54.9. The molecule has 190 valence electrons. The van der Waals surface area contributed by atoms with Crippen LogP contribution in [-0.4, -0.2) is 17.6 Å². The molecule has 1 saturated heterocycles. The van der Waals surface area contributed by atoms with E-state index in [-0.39, 0.29) is 40.8 Å². The minimum absolute atomic E-state index is 0.0350. The maximum atomic E-state index is 15.3. The molecule has 4 fully saturated rings. The minimum atomic E-state index is -4.69. The van der Waals surface area contributed by atoms with Crippen molar-refractivity contribution in [3.05, 3.63) is 76.1 Å². The van der Waals surface area contributed by atoms with E-state index in [1.54, 1.807) is 6.07 Å². The van der Waals surface area contributed by atoms with Gasteiger partial charge in [0.15, 0.2) is 5.78 Å². The molecule has 37 heavy (non-hydrogen) atoms. The van der Waals surface area contributed by atoms with Gasteiger partial charge >= 0.3 is 6.18 Å². The van der Waals surface area contributed by atoms with E-state index in [0.29, 0.717) is 23.8 Å². The highest BCUT2D eigenvalue weighted by atomic mass is 35.5. The van der Waals surface area contributed by atoms with E-state index in [1.165, 1.54) is 18.2 Å². The quantitative estimate of drug-likeness (QED) is 0.210. The molecule has 6 aliphatic rings. The molecule has 0 radical (unpaired) electrons. The fourth-order valence-electron chi connectivity index (χ4n) is 7.09. The molecule has 1 aliphatic heterocycles. The number of halogens is 5. The molecule has 2 aromatic carbocycles. The van der Waals surface area contributed by atoms with E-state index < -0.39 is 46.1 Å². The summed E-state index contributed by atoms with van der Waals surface area (Å²) in [5.74, 6) is -2.76. The zero-order valence-electron chi connectivity index (χ0n) is 19.2. The van der Waals surface area contributed by atoms with E-state index >= 15 is 4.39 Å². The first-order chi connectivity index (χ1) is 17.6. The number of hydrogen-bond donors (Lipinski definition) is 0. The highest BCUT2D eigenvalue weighted by Gasteiger charge is 2.67. The van der Waals surface area contributed by atoms with E-state index in [9.17, 15) is 27.6 Å². The summed E-state index contributed by atoms with van der Waals surface area (Å²) in [4.78, 5) is 40.4. The number of alkyl halides is 3. The number of benzene rings is 2. The molecule has 4 nitrogen and oxygen atoms in total. The second kappa shape index (κ2) is 7.53. The Bertz CT molecular complexity index is 1400. The summed E-state index contributed by atoms with van der Waals surface area (Å²) in [6.45, 7) is 0. The number of Topliss-reactive ketones (excluding diaryl/α,β-unsaturated/α-hetero) is 1. The first kappa shape index (κ1) is 23.1. The van der Waals surface area contributed by atoms with E-state index in [0.717, 1.165) is 23.5 Å². The van der Waals surface area contributed by atoms with Crippen LogP contribution in [0.4, 0.5) is 23.2 Å². The zero-order valence-corrected chi connectivity index (χ0v) is 20.0. The van der Waals surface area contributed by atoms with Gasteiger partial charge in [-0.1, -0.05) is 29.8 Å². The van der Waals surface area contributed by atoms with Gasteiger partial charge in [0.1, 0.15) is 5.82 Å². The van der Waals surface area contributed by atoms with Crippen LogP contribution in [0.5, 0.6) is 0 Å². The second-order valence-corrected chi connectivity index (χ2v) is 11.3. The molecule has 2 amide bonds. The number of rotatable bonds is 4. The van der Waals surface area contributed by atoms with Crippen molar-refractivity contribution in [2.45, 2.75) is 24.9 Å². The predicted octanol–water partition coefficient (Wildman–Crippen LogP) is 6.04. The number of carbonyl (C=O) groups excluding carboxylic acids is 3. The molecule has 2 aromatic rings. The Balaban J connectivity index is 1.11. The number of amides is 2. The van der Waals surface area contributed by atoms with Gasteiger partial charge in [-0.05, 0) is 78.3 Å². The summed E-state index contributed by atoms with van der Waals surface area (Å²) >= 11 is 5.65. The van der Waals surface area contributed by atoms with Crippen molar-refractivity contribution in [3.8, 4) is 0 Å². The van der Waals surface area contributed by atoms with Crippen LogP contribution in [0.25, 0.3) is 0 Å². The van der Waals surface area contributed by atoms with Crippen molar-refractivity contribution < 1.29 is 31.9 Å². The molecule has 9 heteroatoms. The van der Waals surface area contributed by atoms with E-state index in [4.69, 9.17) is 11.6 Å². The minimum Gasteiger partial charge on any atom is -0.294 e. The molecule has 6 unspecified atom stereocenters. The van der Waals surface area contributed by atoms with Gasteiger partial charge in [-0.15, -0.1) is 0 Å². The molecule has 0 aromatic heterocycles. The molecular weight excluding hydrogens is 510 g/mol. The Morgan fingerprint density at radius 3 is 2.16 bits per heavy atom. The average Bonchev–Trinajstić information content (AvgIpc) is 3.77. The van der Waals surface area contributed by atoms with Crippen LogP contribution in [0, 0.1) is 47.2 Å². The standard InChI is InChI=1S/C28H20ClF4NO3/c29-20-5-1-12(7-19(20)28(31,32)33)25(35)18-9-15(18)11-2-6-22(21(30)8-11)34-26(36)23-13-3-4-14(17-10-16(13)17)24(23)27(34)37/h1-8,13-18,23-24H,9-10H2/t13?,14?,15?,16-,17+,18?,23?,24?. The van der Waals surface area contributed by atoms with Gasteiger partial charge in [-0.2, -0.15) is 13.2 Å². The third-order valence-electron chi connectivity index (χ3n) is 8.99. The smallest absolute Gasteiger partial charge is 0.294 e. The number of anilines is 1. The Kier molecular flexibility index (Phi) is 4.71. The maximum absolute atomic E-state index is 15.3. The monoisotopic (exact) mass is 529 g/mol. The zero-order chi connectivity index (χ0) is 26.0.